The zero-order chi connectivity index (χ0) is 27.6. The Morgan fingerprint density at radius 1 is 1.21 bits per heavy atom. The smallest absolute Gasteiger partial charge is 0.335 e. The Balaban J connectivity index is 0.000000289. The number of halogens is 1. The third-order valence-electron chi connectivity index (χ3n) is 6.64. The zero-order valence-electron chi connectivity index (χ0n) is 20.9. The number of hydrogen-bond acceptors (Lipinski definition) is 9. The van der Waals surface area contributed by atoms with Crippen LogP contribution >= 0.6 is 0 Å². The van der Waals surface area contributed by atoms with E-state index in [-0.39, 0.29) is 23.8 Å². The first kappa shape index (κ1) is 27.1. The number of ketones is 1. The van der Waals surface area contributed by atoms with Crippen molar-refractivity contribution in [1.29, 1.82) is 0 Å². The number of carboxylic acid groups (broad SMARTS) is 1. The number of aromatic nitrogens is 4. The number of carbonyl (C=O) groups excluding carboxylic acids is 2. The Labute approximate surface area is 217 Å². The van der Waals surface area contributed by atoms with Crippen LogP contribution in [0.2, 0.25) is 0 Å². The Morgan fingerprint density at radius 3 is 2.66 bits per heavy atom. The van der Waals surface area contributed by atoms with Crippen LogP contribution in [0.15, 0.2) is 30.7 Å². The molecule has 1 fully saturated rings. The molecule has 0 saturated carbocycles. The molecule has 2 aliphatic heterocycles. The molecule has 0 spiro atoms. The summed E-state index contributed by atoms with van der Waals surface area (Å²) in [7, 11) is 0. The second kappa shape index (κ2) is 11.2. The summed E-state index contributed by atoms with van der Waals surface area (Å²) in [5, 5.41) is 32.4. The van der Waals surface area contributed by atoms with Gasteiger partial charge in [-0.1, -0.05) is 0 Å². The van der Waals surface area contributed by atoms with Crippen LogP contribution in [0.4, 0.5) is 10.2 Å². The highest BCUT2D eigenvalue weighted by Gasteiger charge is 2.31. The molecule has 1 saturated heterocycles. The number of nitrogens with zero attached hydrogens (tertiary/aromatic N) is 5. The molecule has 0 aliphatic carbocycles. The number of pyridine rings is 1. The van der Waals surface area contributed by atoms with E-state index >= 15 is 0 Å². The van der Waals surface area contributed by atoms with Crippen LogP contribution in [0.5, 0.6) is 0 Å². The molecule has 1 amide bonds. The number of amides is 1. The lowest BCUT2D eigenvalue weighted by Gasteiger charge is -2.27. The van der Waals surface area contributed by atoms with Crippen LogP contribution in [0.25, 0.3) is 5.65 Å². The van der Waals surface area contributed by atoms with E-state index in [0.29, 0.717) is 17.6 Å². The van der Waals surface area contributed by atoms with Crippen molar-refractivity contribution in [1.82, 2.24) is 24.9 Å². The number of hydrogen-bond donors (Lipinski definition) is 4. The van der Waals surface area contributed by atoms with Crippen LogP contribution in [0.1, 0.15) is 60.8 Å². The van der Waals surface area contributed by atoms with Crippen molar-refractivity contribution < 1.29 is 34.1 Å². The standard InChI is InChI=1S/C20H21FN6O.C5H8O5/c1-12-4-5-16-14(9-13(21)10-22-16)17-3-2-7-26(17)18-6-8-27-19(25-18)15(11-23-27)20(28)24-12;1-2(6)3(7)4(8)5(9)10/h6,8-12,17H,2-5,7H2,1H3,(H,24,28);3-4,7-8H,1H3,(H,9,10)/t12-,17-;3-,4+/m10/s1. The van der Waals surface area contributed by atoms with Gasteiger partial charge in [0.15, 0.2) is 17.5 Å². The molecule has 12 nitrogen and oxygen atoms in total. The fourth-order valence-corrected chi connectivity index (χ4v) is 4.61. The van der Waals surface area contributed by atoms with E-state index in [2.05, 4.69) is 20.3 Å². The SMILES string of the molecule is CC(=O)[C@H](O)[C@@H](O)C(=O)O.C[C@@H]1CCc2ncc(F)cc2[C@H]2CCCN2c2ccn3ncc(c3n2)C(=O)N1. The van der Waals surface area contributed by atoms with Crippen molar-refractivity contribution in [2.24, 2.45) is 0 Å². The second-order valence-corrected chi connectivity index (χ2v) is 9.40. The summed E-state index contributed by atoms with van der Waals surface area (Å²) in [5.74, 6) is -2.11. The number of anilines is 1. The van der Waals surface area contributed by atoms with Crippen molar-refractivity contribution in [2.75, 3.05) is 11.4 Å². The minimum absolute atomic E-state index is 0.0271. The summed E-state index contributed by atoms with van der Waals surface area (Å²) in [5.41, 5.74) is 2.81. The molecule has 0 radical (unpaired) electrons. The fraction of sp³-hybridized carbons (Fsp3) is 0.440. The molecule has 3 aromatic rings. The number of Topliss-reactive ketones (excluding diaryl/α,β-unsaturated/α-hetero) is 1. The fourth-order valence-electron chi connectivity index (χ4n) is 4.61. The number of rotatable bonds is 3. The van der Waals surface area contributed by atoms with E-state index in [0.717, 1.165) is 49.8 Å². The third-order valence-corrected chi connectivity index (χ3v) is 6.64. The summed E-state index contributed by atoms with van der Waals surface area (Å²) >= 11 is 0. The topological polar surface area (TPSA) is 170 Å². The highest BCUT2D eigenvalue weighted by Crippen LogP contribution is 2.37. The average molecular weight is 529 g/mol. The van der Waals surface area contributed by atoms with Gasteiger partial charge in [-0.15, -0.1) is 0 Å². The third kappa shape index (κ3) is 5.63. The second-order valence-electron chi connectivity index (χ2n) is 9.40. The maximum atomic E-state index is 14.1. The van der Waals surface area contributed by atoms with E-state index in [9.17, 15) is 18.8 Å². The van der Waals surface area contributed by atoms with Crippen LogP contribution in [0.3, 0.4) is 0 Å². The molecule has 13 heteroatoms. The summed E-state index contributed by atoms with van der Waals surface area (Å²) in [6.45, 7) is 3.79. The van der Waals surface area contributed by atoms with Crippen molar-refractivity contribution in [3.05, 3.63) is 53.4 Å². The molecular formula is C25H29FN6O6. The summed E-state index contributed by atoms with van der Waals surface area (Å²) in [4.78, 5) is 44.2. The molecule has 0 aromatic carbocycles. The molecule has 38 heavy (non-hydrogen) atoms. The van der Waals surface area contributed by atoms with Gasteiger partial charge in [-0.05, 0) is 57.2 Å². The van der Waals surface area contributed by atoms with E-state index < -0.39 is 24.0 Å². The number of aliphatic hydroxyl groups excluding tert-OH is 2. The van der Waals surface area contributed by atoms with Gasteiger partial charge in [-0.2, -0.15) is 5.10 Å². The van der Waals surface area contributed by atoms with E-state index in [1.807, 2.05) is 19.2 Å². The van der Waals surface area contributed by atoms with Crippen molar-refractivity contribution in [2.45, 2.75) is 63.8 Å². The monoisotopic (exact) mass is 528 g/mol. The highest BCUT2D eigenvalue weighted by atomic mass is 19.1. The van der Waals surface area contributed by atoms with Crippen molar-refractivity contribution in [3.63, 3.8) is 0 Å². The minimum Gasteiger partial charge on any atom is -0.479 e. The molecule has 4 atom stereocenters. The minimum atomic E-state index is -2.02. The number of carbonyl (C=O) groups is 3. The quantitative estimate of drug-likeness (QED) is 0.385. The van der Waals surface area contributed by atoms with Gasteiger partial charge < -0.3 is 25.5 Å². The van der Waals surface area contributed by atoms with E-state index in [1.54, 1.807) is 16.8 Å². The van der Waals surface area contributed by atoms with Crippen LogP contribution in [-0.4, -0.2) is 77.4 Å². The number of carboxylic acids is 1. The van der Waals surface area contributed by atoms with Gasteiger partial charge in [0, 0.05) is 24.5 Å². The molecule has 202 valence electrons. The lowest BCUT2D eigenvalue weighted by molar-refractivity contribution is -0.156. The molecule has 3 aromatic heterocycles. The van der Waals surface area contributed by atoms with Gasteiger partial charge in [0.25, 0.3) is 5.91 Å². The van der Waals surface area contributed by atoms with Crippen molar-refractivity contribution in [3.8, 4) is 0 Å². The maximum Gasteiger partial charge on any atom is 0.335 e. The molecule has 2 aliphatic rings. The predicted octanol–water partition coefficient (Wildman–Crippen LogP) is 1.05. The number of aliphatic hydroxyl groups is 2. The highest BCUT2D eigenvalue weighted by molar-refractivity contribution is 5.99. The largest absolute Gasteiger partial charge is 0.479 e. The van der Waals surface area contributed by atoms with Crippen LogP contribution < -0.4 is 10.2 Å². The molecule has 5 rings (SSSR count). The summed E-state index contributed by atoms with van der Waals surface area (Å²) in [6.07, 6.45) is 4.13. The van der Waals surface area contributed by atoms with Gasteiger partial charge in [-0.25, -0.2) is 18.7 Å². The Hall–Kier alpha value is -3.97. The molecule has 5 heterocycles. The van der Waals surface area contributed by atoms with E-state index in [4.69, 9.17) is 20.3 Å². The Bertz CT molecular complexity index is 1350. The maximum absolute atomic E-state index is 14.1. The molecule has 4 N–H and O–H groups in total. The first-order valence-corrected chi connectivity index (χ1v) is 12.2. The summed E-state index contributed by atoms with van der Waals surface area (Å²) < 4.78 is 15.7. The summed E-state index contributed by atoms with van der Waals surface area (Å²) in [6, 6.07) is 3.48. The number of nitrogens with one attached hydrogen (secondary N) is 1. The zero-order valence-corrected chi connectivity index (χ0v) is 20.9. The average Bonchev–Trinajstić information content (AvgIpc) is 3.53. The van der Waals surface area contributed by atoms with Gasteiger partial charge in [-0.3, -0.25) is 14.6 Å². The number of aliphatic carboxylic acids is 1. The first-order valence-electron chi connectivity index (χ1n) is 12.2. The Kier molecular flexibility index (Phi) is 7.97. The van der Waals surface area contributed by atoms with Gasteiger partial charge >= 0.3 is 5.97 Å². The molecule has 2 bridgehead atoms. The lowest BCUT2D eigenvalue weighted by atomic mass is 9.98. The Morgan fingerprint density at radius 2 is 1.97 bits per heavy atom. The van der Waals surface area contributed by atoms with Gasteiger partial charge in [0.05, 0.1) is 18.4 Å². The van der Waals surface area contributed by atoms with Crippen LogP contribution in [-0.2, 0) is 16.0 Å². The van der Waals surface area contributed by atoms with Crippen LogP contribution in [0, 0.1) is 5.82 Å². The number of aryl methyl sites for hydroxylation is 1. The lowest BCUT2D eigenvalue weighted by Crippen LogP contribution is -2.38. The molecule has 0 unspecified atom stereocenters. The van der Waals surface area contributed by atoms with Crippen molar-refractivity contribution >= 4 is 29.1 Å². The van der Waals surface area contributed by atoms with Gasteiger partial charge in [0.1, 0.15) is 23.3 Å². The van der Waals surface area contributed by atoms with E-state index in [1.165, 1.54) is 6.20 Å². The first-order chi connectivity index (χ1) is 18.1. The molecular weight excluding hydrogens is 499 g/mol. The normalized spacial score (nSPS) is 20.6. The predicted molar refractivity (Wildman–Crippen MR) is 132 cm³/mol. The van der Waals surface area contributed by atoms with Gasteiger partial charge in [0.2, 0.25) is 0 Å². The number of fused-ring (bicyclic) bond motifs is 5.